The van der Waals surface area contributed by atoms with Gasteiger partial charge in [0.2, 0.25) is 0 Å². The third kappa shape index (κ3) is 2.14. The molecule has 0 saturated carbocycles. The molecule has 0 bridgehead atoms. The normalized spacial score (nSPS) is 10.3. The summed E-state index contributed by atoms with van der Waals surface area (Å²) >= 11 is 11.9. The van der Waals surface area contributed by atoms with E-state index in [4.69, 9.17) is 23.2 Å². The van der Waals surface area contributed by atoms with Gasteiger partial charge in [0.25, 0.3) is 0 Å². The van der Waals surface area contributed by atoms with E-state index < -0.39 is 5.82 Å². The van der Waals surface area contributed by atoms with Gasteiger partial charge < -0.3 is 0 Å². The van der Waals surface area contributed by atoms with Crippen LogP contribution in [0.15, 0.2) is 36.4 Å². The highest BCUT2D eigenvalue weighted by Crippen LogP contribution is 2.32. The van der Waals surface area contributed by atoms with Crippen LogP contribution in [0.4, 0.5) is 4.39 Å². The number of hydrogen-bond acceptors (Lipinski definition) is 0. The number of benzene rings is 2. The zero-order valence-electron chi connectivity index (χ0n) is 7.60. The average molecular weight is 240 g/mol. The molecule has 0 amide bonds. The Bertz CT molecular complexity index is 495. The first-order chi connectivity index (χ1) is 7.18. The lowest BCUT2D eigenvalue weighted by Gasteiger charge is -2.05. The predicted molar refractivity (Wildman–Crippen MR) is 60.7 cm³/mol. The molecule has 0 aromatic heterocycles. The third-order valence-corrected chi connectivity index (χ3v) is 2.65. The molecular formula is C12H6Cl2F. The molecule has 2 aromatic rings. The first-order valence-electron chi connectivity index (χ1n) is 4.30. The van der Waals surface area contributed by atoms with Gasteiger partial charge in [0.15, 0.2) is 0 Å². The molecule has 15 heavy (non-hydrogen) atoms. The topological polar surface area (TPSA) is 0 Å². The van der Waals surface area contributed by atoms with Gasteiger partial charge in [-0.2, -0.15) is 0 Å². The van der Waals surface area contributed by atoms with Gasteiger partial charge in [-0.15, -0.1) is 0 Å². The van der Waals surface area contributed by atoms with E-state index in [9.17, 15) is 4.39 Å². The minimum atomic E-state index is -0.476. The predicted octanol–water partition coefficient (Wildman–Crippen LogP) is 4.60. The van der Waals surface area contributed by atoms with Crippen molar-refractivity contribution in [2.75, 3.05) is 0 Å². The van der Waals surface area contributed by atoms with Gasteiger partial charge in [0.1, 0.15) is 5.82 Å². The Morgan fingerprint density at radius 1 is 0.933 bits per heavy atom. The van der Waals surface area contributed by atoms with Crippen LogP contribution in [-0.4, -0.2) is 0 Å². The van der Waals surface area contributed by atoms with E-state index in [1.54, 1.807) is 12.1 Å². The van der Waals surface area contributed by atoms with Gasteiger partial charge >= 0.3 is 0 Å². The van der Waals surface area contributed by atoms with E-state index in [2.05, 4.69) is 6.07 Å². The highest BCUT2D eigenvalue weighted by Gasteiger charge is 2.07. The first-order valence-corrected chi connectivity index (χ1v) is 5.06. The van der Waals surface area contributed by atoms with E-state index in [0.29, 0.717) is 10.6 Å². The zero-order chi connectivity index (χ0) is 10.8. The Kier molecular flexibility index (Phi) is 2.94. The maximum atomic E-state index is 12.8. The molecule has 2 rings (SSSR count). The minimum absolute atomic E-state index is 0.239. The van der Waals surface area contributed by atoms with Crippen molar-refractivity contribution in [2.45, 2.75) is 0 Å². The monoisotopic (exact) mass is 239 g/mol. The second-order valence-electron chi connectivity index (χ2n) is 3.01. The van der Waals surface area contributed by atoms with Crippen LogP contribution in [0.3, 0.4) is 0 Å². The Labute approximate surface area is 97.3 Å². The molecule has 0 aliphatic rings. The van der Waals surface area contributed by atoms with E-state index in [0.717, 1.165) is 5.56 Å². The smallest absolute Gasteiger partial charge is 0.132 e. The molecule has 0 aliphatic heterocycles. The Hall–Kier alpha value is -1.05. The van der Waals surface area contributed by atoms with E-state index >= 15 is 0 Å². The summed E-state index contributed by atoms with van der Waals surface area (Å²) in [4.78, 5) is 0. The second-order valence-corrected chi connectivity index (χ2v) is 3.80. The van der Waals surface area contributed by atoms with Gasteiger partial charge in [0, 0.05) is 22.2 Å². The molecule has 0 nitrogen and oxygen atoms in total. The molecule has 0 aliphatic carbocycles. The summed E-state index contributed by atoms with van der Waals surface area (Å²) in [6.07, 6.45) is 0. The van der Waals surface area contributed by atoms with Crippen LogP contribution in [0.2, 0.25) is 10.0 Å². The minimum Gasteiger partial charge on any atom is -0.206 e. The van der Waals surface area contributed by atoms with Crippen LogP contribution in [-0.2, 0) is 0 Å². The zero-order valence-corrected chi connectivity index (χ0v) is 9.11. The van der Waals surface area contributed by atoms with Crippen molar-refractivity contribution < 1.29 is 4.39 Å². The van der Waals surface area contributed by atoms with Gasteiger partial charge in [0.05, 0.1) is 5.02 Å². The van der Waals surface area contributed by atoms with Crippen LogP contribution in [0.1, 0.15) is 0 Å². The van der Waals surface area contributed by atoms with E-state index in [1.807, 2.05) is 18.2 Å². The average Bonchev–Trinajstić information content (AvgIpc) is 2.20. The Morgan fingerprint density at radius 3 is 2.33 bits per heavy atom. The summed E-state index contributed by atoms with van der Waals surface area (Å²) in [5, 5.41) is 0.822. The molecule has 0 atom stereocenters. The quantitative estimate of drug-likeness (QED) is 0.683. The van der Waals surface area contributed by atoms with Crippen LogP contribution in [0.25, 0.3) is 11.1 Å². The van der Waals surface area contributed by atoms with Crippen molar-refractivity contribution in [3.05, 3.63) is 58.3 Å². The highest BCUT2D eigenvalue weighted by atomic mass is 35.5. The lowest BCUT2D eigenvalue weighted by Crippen LogP contribution is -1.83. The summed E-state index contributed by atoms with van der Waals surface area (Å²) < 4.78 is 12.8. The SMILES string of the molecule is Fc1[c]c(Cl)c(-c2ccccc2Cl)cc1. The molecule has 0 unspecified atom stereocenters. The molecule has 2 aromatic carbocycles. The molecule has 0 N–H and O–H groups in total. The van der Waals surface area contributed by atoms with Gasteiger partial charge in [-0.1, -0.05) is 41.4 Å². The Balaban J connectivity index is 2.60. The molecule has 0 heterocycles. The maximum Gasteiger partial charge on any atom is 0.132 e. The largest absolute Gasteiger partial charge is 0.206 e. The van der Waals surface area contributed by atoms with E-state index in [-0.39, 0.29) is 5.02 Å². The van der Waals surface area contributed by atoms with Crippen molar-refractivity contribution in [1.82, 2.24) is 0 Å². The summed E-state index contributed by atoms with van der Waals surface area (Å²) in [6, 6.07) is 12.6. The number of rotatable bonds is 1. The van der Waals surface area contributed by atoms with E-state index in [1.165, 1.54) is 6.07 Å². The molecule has 1 radical (unpaired) electrons. The third-order valence-electron chi connectivity index (χ3n) is 2.03. The molecule has 3 heteroatoms. The lowest BCUT2D eigenvalue weighted by atomic mass is 10.1. The Morgan fingerprint density at radius 2 is 1.67 bits per heavy atom. The first kappa shape index (κ1) is 10.5. The summed E-state index contributed by atoms with van der Waals surface area (Å²) in [5.41, 5.74) is 1.46. The van der Waals surface area contributed by atoms with Crippen molar-refractivity contribution in [3.8, 4) is 11.1 Å². The lowest BCUT2D eigenvalue weighted by molar-refractivity contribution is 0.626. The van der Waals surface area contributed by atoms with Gasteiger partial charge in [-0.3, -0.25) is 0 Å². The molecule has 0 fully saturated rings. The van der Waals surface area contributed by atoms with Gasteiger partial charge in [-0.25, -0.2) is 4.39 Å². The summed E-state index contributed by atoms with van der Waals surface area (Å²) in [6.45, 7) is 0. The van der Waals surface area contributed by atoms with Crippen molar-refractivity contribution in [2.24, 2.45) is 0 Å². The molecular weight excluding hydrogens is 234 g/mol. The van der Waals surface area contributed by atoms with Crippen LogP contribution >= 0.6 is 23.2 Å². The number of hydrogen-bond donors (Lipinski definition) is 0. The van der Waals surface area contributed by atoms with Gasteiger partial charge in [-0.05, 0) is 18.2 Å². The number of halogens is 3. The maximum absolute atomic E-state index is 12.8. The summed E-state index contributed by atoms with van der Waals surface area (Å²) in [5.74, 6) is -0.476. The van der Waals surface area contributed by atoms with Crippen molar-refractivity contribution >= 4 is 23.2 Å². The van der Waals surface area contributed by atoms with Crippen LogP contribution < -0.4 is 0 Å². The standard InChI is InChI=1S/C12H6Cl2F/c13-11-4-2-1-3-9(11)10-6-5-8(15)7-12(10)14/h1-6H. The van der Waals surface area contributed by atoms with Crippen molar-refractivity contribution in [3.63, 3.8) is 0 Å². The second kappa shape index (κ2) is 4.21. The summed E-state index contributed by atoms with van der Waals surface area (Å²) in [7, 11) is 0. The van der Waals surface area contributed by atoms with Crippen molar-refractivity contribution in [1.29, 1.82) is 0 Å². The fraction of sp³-hybridized carbons (Fsp3) is 0. The fourth-order valence-corrected chi connectivity index (χ4v) is 1.82. The van der Waals surface area contributed by atoms with Crippen LogP contribution in [0.5, 0.6) is 0 Å². The molecule has 0 spiro atoms. The fourth-order valence-electron chi connectivity index (χ4n) is 1.33. The molecule has 0 saturated heterocycles. The van der Waals surface area contributed by atoms with Crippen LogP contribution in [0, 0.1) is 11.9 Å². The highest BCUT2D eigenvalue weighted by molar-refractivity contribution is 6.36. The molecule has 75 valence electrons.